The number of anilines is 1. The second kappa shape index (κ2) is 9.26. The maximum absolute atomic E-state index is 13.0. The van der Waals surface area contributed by atoms with E-state index in [1.165, 1.54) is 16.9 Å². The van der Waals surface area contributed by atoms with Crippen LogP contribution in [0.1, 0.15) is 35.7 Å². The lowest BCUT2D eigenvalue weighted by atomic mass is 10.1. The Morgan fingerprint density at radius 2 is 1.87 bits per heavy atom. The van der Waals surface area contributed by atoms with Gasteiger partial charge >= 0.3 is 0 Å². The normalized spacial score (nSPS) is 15.7. The van der Waals surface area contributed by atoms with Crippen LogP contribution in [0.4, 0.5) is 5.13 Å². The zero-order valence-electron chi connectivity index (χ0n) is 17.5. The van der Waals surface area contributed by atoms with Crippen molar-refractivity contribution in [2.45, 2.75) is 32.2 Å². The van der Waals surface area contributed by atoms with Gasteiger partial charge in [-0.05, 0) is 61.2 Å². The summed E-state index contributed by atoms with van der Waals surface area (Å²) in [6, 6.07) is 14.6. The number of methoxy groups -OCH3 is 1. The Hall–Kier alpha value is -3.26. The van der Waals surface area contributed by atoms with Gasteiger partial charge in [0.2, 0.25) is 11.0 Å². The third-order valence-electron chi connectivity index (χ3n) is 5.42. The molecule has 0 spiro atoms. The quantitative estimate of drug-likeness (QED) is 0.631. The third kappa shape index (κ3) is 4.59. The molecular weight excluding hydrogens is 412 g/mol. The molecule has 31 heavy (non-hydrogen) atoms. The monoisotopic (exact) mass is 436 g/mol. The molecule has 1 N–H and O–H groups in total. The molecule has 0 aliphatic carbocycles. The molecule has 0 bridgehead atoms. The molecule has 160 valence electrons. The van der Waals surface area contributed by atoms with Crippen molar-refractivity contribution >= 4 is 28.3 Å². The highest BCUT2D eigenvalue weighted by Gasteiger charge is 2.35. The predicted octanol–water partition coefficient (Wildman–Crippen LogP) is 4.02. The maximum Gasteiger partial charge on any atom is 0.254 e. The molecule has 3 aromatic rings. The number of ether oxygens (including phenoxy) is 1. The van der Waals surface area contributed by atoms with Gasteiger partial charge in [-0.3, -0.25) is 14.9 Å². The highest BCUT2D eigenvalue weighted by Crippen LogP contribution is 2.29. The number of benzene rings is 2. The van der Waals surface area contributed by atoms with Gasteiger partial charge in [0, 0.05) is 17.7 Å². The topological polar surface area (TPSA) is 84.4 Å². The predicted molar refractivity (Wildman–Crippen MR) is 120 cm³/mol. The van der Waals surface area contributed by atoms with Crippen molar-refractivity contribution in [1.29, 1.82) is 0 Å². The largest absolute Gasteiger partial charge is 0.497 e. The van der Waals surface area contributed by atoms with Crippen LogP contribution in [-0.4, -0.2) is 46.6 Å². The summed E-state index contributed by atoms with van der Waals surface area (Å²) in [4.78, 5) is 27.5. The average molecular weight is 437 g/mol. The Balaban J connectivity index is 1.43. The molecule has 0 radical (unpaired) electrons. The molecule has 2 aromatic carbocycles. The van der Waals surface area contributed by atoms with Gasteiger partial charge in [-0.15, -0.1) is 10.2 Å². The summed E-state index contributed by atoms with van der Waals surface area (Å²) < 4.78 is 5.17. The van der Waals surface area contributed by atoms with E-state index in [4.69, 9.17) is 4.74 Å². The summed E-state index contributed by atoms with van der Waals surface area (Å²) in [7, 11) is 1.62. The third-order valence-corrected chi connectivity index (χ3v) is 6.31. The summed E-state index contributed by atoms with van der Waals surface area (Å²) in [5.74, 6) is 0.419. The Labute approximate surface area is 185 Å². The second-order valence-electron chi connectivity index (χ2n) is 7.34. The Morgan fingerprint density at radius 3 is 2.55 bits per heavy atom. The summed E-state index contributed by atoms with van der Waals surface area (Å²) in [5.41, 5.74) is 2.68. The SMILES string of the molecule is CCc1ccc(C(=O)N2CCCC2C(=O)Nc2nnc(-c3ccc(OC)cc3)s2)cc1. The molecule has 1 atom stereocenters. The van der Waals surface area contributed by atoms with Crippen molar-refractivity contribution < 1.29 is 14.3 Å². The number of aromatic nitrogens is 2. The summed E-state index contributed by atoms with van der Waals surface area (Å²) in [6.45, 7) is 2.64. The van der Waals surface area contributed by atoms with Crippen LogP contribution in [0.2, 0.25) is 0 Å². The molecule has 2 heterocycles. The summed E-state index contributed by atoms with van der Waals surface area (Å²) in [5, 5.41) is 12.2. The van der Waals surface area contributed by atoms with Crippen LogP contribution in [0.5, 0.6) is 5.75 Å². The van der Waals surface area contributed by atoms with Crippen LogP contribution in [0.15, 0.2) is 48.5 Å². The fourth-order valence-corrected chi connectivity index (χ4v) is 4.40. The van der Waals surface area contributed by atoms with Crippen LogP contribution in [0.25, 0.3) is 10.6 Å². The first-order chi connectivity index (χ1) is 15.1. The van der Waals surface area contributed by atoms with Crippen LogP contribution in [0.3, 0.4) is 0 Å². The minimum atomic E-state index is -0.508. The fraction of sp³-hybridized carbons (Fsp3) is 0.304. The Bertz CT molecular complexity index is 1060. The van der Waals surface area contributed by atoms with E-state index >= 15 is 0 Å². The molecule has 2 amide bonds. The number of nitrogens with one attached hydrogen (secondary N) is 1. The Kier molecular flexibility index (Phi) is 6.27. The van der Waals surface area contributed by atoms with Gasteiger partial charge in [-0.2, -0.15) is 0 Å². The first-order valence-corrected chi connectivity index (χ1v) is 11.1. The molecule has 1 aromatic heterocycles. The molecule has 8 heteroatoms. The highest BCUT2D eigenvalue weighted by molar-refractivity contribution is 7.18. The lowest BCUT2D eigenvalue weighted by Crippen LogP contribution is -2.43. The Morgan fingerprint density at radius 1 is 1.13 bits per heavy atom. The number of carbonyl (C=O) groups excluding carboxylic acids is 2. The van der Waals surface area contributed by atoms with Crippen LogP contribution in [0, 0.1) is 0 Å². The van der Waals surface area contributed by atoms with E-state index in [-0.39, 0.29) is 11.8 Å². The summed E-state index contributed by atoms with van der Waals surface area (Å²) >= 11 is 1.30. The van der Waals surface area contributed by atoms with E-state index in [2.05, 4.69) is 22.4 Å². The van der Waals surface area contributed by atoms with Crippen molar-refractivity contribution in [3.63, 3.8) is 0 Å². The zero-order valence-corrected chi connectivity index (χ0v) is 18.3. The van der Waals surface area contributed by atoms with Gasteiger partial charge in [-0.25, -0.2) is 0 Å². The van der Waals surface area contributed by atoms with Crippen molar-refractivity contribution in [1.82, 2.24) is 15.1 Å². The molecule has 7 nitrogen and oxygen atoms in total. The smallest absolute Gasteiger partial charge is 0.254 e. The molecule has 4 rings (SSSR count). The first kappa shape index (κ1) is 21.0. The van der Waals surface area contributed by atoms with Crippen molar-refractivity contribution in [3.8, 4) is 16.3 Å². The van der Waals surface area contributed by atoms with Crippen LogP contribution >= 0.6 is 11.3 Å². The van der Waals surface area contributed by atoms with E-state index in [1.54, 1.807) is 12.0 Å². The average Bonchev–Trinajstić information content (AvgIpc) is 3.49. The van der Waals surface area contributed by atoms with Crippen molar-refractivity contribution in [3.05, 3.63) is 59.7 Å². The minimum Gasteiger partial charge on any atom is -0.497 e. The molecule has 1 saturated heterocycles. The number of hydrogen-bond donors (Lipinski definition) is 1. The van der Waals surface area contributed by atoms with Gasteiger partial charge in [0.1, 0.15) is 16.8 Å². The highest BCUT2D eigenvalue weighted by atomic mass is 32.1. The van der Waals surface area contributed by atoms with E-state index < -0.39 is 6.04 Å². The number of nitrogens with zero attached hydrogens (tertiary/aromatic N) is 3. The lowest BCUT2D eigenvalue weighted by molar-refractivity contribution is -0.119. The number of aryl methyl sites for hydroxylation is 1. The number of hydrogen-bond acceptors (Lipinski definition) is 6. The fourth-order valence-electron chi connectivity index (χ4n) is 3.64. The second-order valence-corrected chi connectivity index (χ2v) is 8.31. The lowest BCUT2D eigenvalue weighted by Gasteiger charge is -2.23. The molecule has 0 saturated carbocycles. The standard InChI is InChI=1S/C23H24N4O3S/c1-3-15-6-8-17(9-7-15)22(29)27-14-4-5-19(27)20(28)24-23-26-25-21(31-23)16-10-12-18(30-2)13-11-16/h6-13,19H,3-5,14H2,1-2H3,(H,24,26,28). The van der Waals surface area contributed by atoms with Gasteiger partial charge in [-0.1, -0.05) is 30.4 Å². The number of amides is 2. The molecule has 1 fully saturated rings. The summed E-state index contributed by atoms with van der Waals surface area (Å²) in [6.07, 6.45) is 2.35. The van der Waals surface area contributed by atoms with Gasteiger partial charge in [0.25, 0.3) is 5.91 Å². The maximum atomic E-state index is 13.0. The number of carbonyl (C=O) groups is 2. The first-order valence-electron chi connectivity index (χ1n) is 10.3. The van der Waals surface area contributed by atoms with Crippen LogP contribution < -0.4 is 10.1 Å². The molecule has 1 aliphatic heterocycles. The van der Waals surface area contributed by atoms with Gasteiger partial charge in [0.05, 0.1) is 7.11 Å². The van der Waals surface area contributed by atoms with Gasteiger partial charge in [0.15, 0.2) is 0 Å². The number of likely N-dealkylation sites (tertiary alicyclic amines) is 1. The zero-order chi connectivity index (χ0) is 21.8. The minimum absolute atomic E-state index is 0.114. The van der Waals surface area contributed by atoms with E-state index in [0.717, 1.165) is 24.2 Å². The van der Waals surface area contributed by atoms with E-state index in [9.17, 15) is 9.59 Å². The van der Waals surface area contributed by atoms with E-state index in [0.29, 0.717) is 28.7 Å². The van der Waals surface area contributed by atoms with Crippen LogP contribution in [-0.2, 0) is 11.2 Å². The van der Waals surface area contributed by atoms with Crippen molar-refractivity contribution in [2.75, 3.05) is 19.0 Å². The molecule has 1 aliphatic rings. The molecular formula is C23H24N4O3S. The number of rotatable bonds is 6. The molecule has 1 unspecified atom stereocenters. The van der Waals surface area contributed by atoms with Gasteiger partial charge < -0.3 is 9.64 Å². The van der Waals surface area contributed by atoms with E-state index in [1.807, 2.05) is 48.5 Å². The van der Waals surface area contributed by atoms with Crippen molar-refractivity contribution in [2.24, 2.45) is 0 Å².